The first kappa shape index (κ1) is 24.5. The van der Waals surface area contributed by atoms with E-state index in [1.807, 2.05) is 13.8 Å². The normalized spacial score (nSPS) is 7.91. The maximum absolute atomic E-state index is 8.93. The Balaban J connectivity index is -0.000000237. The fraction of sp³-hybridized carbons (Fsp3) is 0.200. The number of aromatic nitrogens is 4. The van der Waals surface area contributed by atoms with Gasteiger partial charge in [0.2, 0.25) is 0 Å². The third kappa shape index (κ3) is 12.5. The van der Waals surface area contributed by atoms with Gasteiger partial charge in [0, 0.05) is 23.5 Å². The van der Waals surface area contributed by atoms with Crippen molar-refractivity contribution in [2.45, 2.75) is 13.8 Å². The van der Waals surface area contributed by atoms with E-state index in [1.165, 1.54) is 0 Å². The van der Waals surface area contributed by atoms with Crippen LogP contribution in [0.3, 0.4) is 0 Å². The minimum Gasteiger partial charge on any atom is -0.543 e. The van der Waals surface area contributed by atoms with Gasteiger partial charge in [0.15, 0.2) is 0 Å². The first-order valence-electron chi connectivity index (χ1n) is 5.19. The summed E-state index contributed by atoms with van der Waals surface area (Å²) in [6.07, 6.45) is 0. The Morgan fingerprint density at radius 1 is 0.955 bits per heavy atom. The molecule has 0 bridgehead atoms. The van der Waals surface area contributed by atoms with Gasteiger partial charge in [0.25, 0.3) is 0 Å². The number of nitrogen functional groups attached to an aromatic ring is 2. The van der Waals surface area contributed by atoms with Crippen LogP contribution in [-0.2, 0) is 26.7 Å². The zero-order chi connectivity index (χ0) is 15.7. The molecular weight excluding hydrogens is 348 g/mol. The molecule has 12 heteroatoms. The van der Waals surface area contributed by atoms with Crippen LogP contribution in [0.15, 0.2) is 12.1 Å². The van der Waals surface area contributed by atoms with Crippen molar-refractivity contribution in [1.82, 2.24) is 20.4 Å². The molecule has 0 saturated heterocycles. The summed E-state index contributed by atoms with van der Waals surface area (Å²) in [6, 6.07) is 3.56. The number of nitrogens with two attached hydrogens (primary N) is 2. The molecule has 0 unspecified atom stereocenters. The van der Waals surface area contributed by atoms with Crippen LogP contribution in [0, 0.1) is 13.8 Å². The van der Waals surface area contributed by atoms with Gasteiger partial charge in [-0.15, -0.1) is 0 Å². The number of anilines is 2. The number of rotatable bonds is 0. The SMILES string of the molecule is Cc1cc(N)n[nH]1.Cc1cc(N)n[nH]1.O.O=C([O-])C(=O)[O-].[Cu+2]. The maximum Gasteiger partial charge on any atom is 2.00 e. The zero-order valence-electron chi connectivity index (χ0n) is 11.6. The number of aromatic amines is 2. The Hall–Kier alpha value is -2.56. The molecule has 2 aromatic heterocycles. The van der Waals surface area contributed by atoms with Crippen molar-refractivity contribution in [2.24, 2.45) is 0 Å². The summed E-state index contributed by atoms with van der Waals surface area (Å²) in [5.74, 6) is -3.26. The molecule has 0 aliphatic rings. The smallest absolute Gasteiger partial charge is 0.543 e. The van der Waals surface area contributed by atoms with Crippen LogP contribution in [-0.4, -0.2) is 37.8 Å². The third-order valence-corrected chi connectivity index (χ3v) is 1.62. The quantitative estimate of drug-likeness (QED) is 0.268. The van der Waals surface area contributed by atoms with E-state index in [0.29, 0.717) is 11.6 Å². The molecule has 0 saturated carbocycles. The van der Waals surface area contributed by atoms with Crippen LogP contribution in [0.1, 0.15) is 11.4 Å². The number of carbonyl (C=O) groups excluding carboxylic acids is 2. The minimum atomic E-state index is -2.19. The molecule has 0 aliphatic heterocycles. The molecule has 11 nitrogen and oxygen atoms in total. The van der Waals surface area contributed by atoms with Crippen LogP contribution < -0.4 is 21.7 Å². The van der Waals surface area contributed by atoms with Crippen LogP contribution in [0.25, 0.3) is 0 Å². The molecule has 8 N–H and O–H groups in total. The van der Waals surface area contributed by atoms with E-state index in [9.17, 15) is 0 Å². The average molecular weight is 364 g/mol. The molecule has 0 atom stereocenters. The van der Waals surface area contributed by atoms with E-state index in [0.717, 1.165) is 11.4 Å². The number of nitrogens with zero attached hydrogens (tertiary/aromatic N) is 2. The molecule has 0 fully saturated rings. The molecule has 22 heavy (non-hydrogen) atoms. The maximum atomic E-state index is 8.93. The standard InChI is InChI=1S/2C4H7N3.C2H2O4.Cu.H2O/c2*1-3-2-4(5)7-6-3;3-1(4)2(5)6;;/h2*2H,1H3,(H3,5,6,7);(H,3,4)(H,5,6);;1H2/q;;;+2;/p-2. The first-order valence-corrected chi connectivity index (χ1v) is 5.19. The van der Waals surface area contributed by atoms with Crippen LogP contribution in [0.5, 0.6) is 0 Å². The Bertz CT molecular complexity index is 486. The number of carboxylic acids is 2. The number of H-pyrrole nitrogens is 2. The van der Waals surface area contributed by atoms with E-state index in [4.69, 9.17) is 31.3 Å². The van der Waals surface area contributed by atoms with Gasteiger partial charge in [-0.3, -0.25) is 10.2 Å². The molecule has 0 aliphatic carbocycles. The van der Waals surface area contributed by atoms with Gasteiger partial charge in [0.1, 0.15) is 11.6 Å². The summed E-state index contributed by atoms with van der Waals surface area (Å²) in [5.41, 5.74) is 12.5. The second kappa shape index (κ2) is 12.2. The van der Waals surface area contributed by atoms with E-state index in [1.54, 1.807) is 12.1 Å². The monoisotopic (exact) mass is 363 g/mol. The topological polar surface area (TPSA) is 221 Å². The molecule has 2 rings (SSSR count). The molecule has 127 valence electrons. The number of carbonyl (C=O) groups is 2. The fourth-order valence-corrected chi connectivity index (χ4v) is 0.878. The van der Waals surface area contributed by atoms with Crippen LogP contribution in [0.4, 0.5) is 11.6 Å². The van der Waals surface area contributed by atoms with Gasteiger partial charge < -0.3 is 36.7 Å². The fourth-order valence-electron chi connectivity index (χ4n) is 0.878. The van der Waals surface area contributed by atoms with Crippen molar-refractivity contribution in [3.63, 3.8) is 0 Å². The molecule has 0 amide bonds. The molecule has 1 radical (unpaired) electrons. The average Bonchev–Trinajstić information content (AvgIpc) is 2.89. The van der Waals surface area contributed by atoms with Crippen molar-refractivity contribution in [1.29, 1.82) is 0 Å². The van der Waals surface area contributed by atoms with Crippen LogP contribution in [0.2, 0.25) is 0 Å². The zero-order valence-corrected chi connectivity index (χ0v) is 12.6. The van der Waals surface area contributed by atoms with Crippen molar-refractivity contribution in [2.75, 3.05) is 11.5 Å². The number of carboxylic acid groups (broad SMARTS) is 2. The van der Waals surface area contributed by atoms with E-state index in [-0.39, 0.29) is 22.5 Å². The Kier molecular flexibility index (Phi) is 13.6. The predicted octanol–water partition coefficient (Wildman–Crippen LogP) is -3.74. The second-order valence-electron chi connectivity index (χ2n) is 3.53. The summed E-state index contributed by atoms with van der Waals surface area (Å²) in [4.78, 5) is 17.9. The number of aryl methyl sites for hydroxylation is 2. The van der Waals surface area contributed by atoms with E-state index < -0.39 is 11.9 Å². The second-order valence-corrected chi connectivity index (χ2v) is 3.53. The first-order chi connectivity index (χ1) is 9.22. The van der Waals surface area contributed by atoms with Gasteiger partial charge >= 0.3 is 17.1 Å². The molecule has 0 spiro atoms. The summed E-state index contributed by atoms with van der Waals surface area (Å²) >= 11 is 0. The summed E-state index contributed by atoms with van der Waals surface area (Å²) in [7, 11) is 0. The van der Waals surface area contributed by atoms with Crippen molar-refractivity contribution in [3.8, 4) is 0 Å². The number of hydrogen-bond donors (Lipinski definition) is 4. The van der Waals surface area contributed by atoms with E-state index >= 15 is 0 Å². The molecule has 2 heterocycles. The van der Waals surface area contributed by atoms with Crippen molar-refractivity contribution >= 4 is 23.6 Å². The summed E-state index contributed by atoms with van der Waals surface area (Å²) in [6.45, 7) is 3.81. The Labute approximate surface area is 135 Å². The van der Waals surface area contributed by atoms with Crippen LogP contribution >= 0.6 is 0 Å². The molecule has 2 aromatic rings. The number of hydrogen-bond acceptors (Lipinski definition) is 8. The Morgan fingerprint density at radius 2 is 1.23 bits per heavy atom. The number of aliphatic carboxylic acids is 2. The van der Waals surface area contributed by atoms with Gasteiger partial charge in [-0.05, 0) is 13.8 Å². The van der Waals surface area contributed by atoms with Gasteiger partial charge in [-0.25, -0.2) is 0 Å². The van der Waals surface area contributed by atoms with Crippen molar-refractivity contribution < 1.29 is 42.3 Å². The Morgan fingerprint density at radius 3 is 1.27 bits per heavy atom. The van der Waals surface area contributed by atoms with Crippen molar-refractivity contribution in [3.05, 3.63) is 23.5 Å². The third-order valence-electron chi connectivity index (χ3n) is 1.62. The number of nitrogens with one attached hydrogen (secondary N) is 2. The molecular formula is C10H16CuN6O5. The predicted molar refractivity (Wildman–Crippen MR) is 69.1 cm³/mol. The van der Waals surface area contributed by atoms with E-state index in [2.05, 4.69) is 20.4 Å². The summed E-state index contributed by atoms with van der Waals surface area (Å²) in [5, 5.41) is 30.6. The van der Waals surface area contributed by atoms with Gasteiger partial charge in [-0.2, -0.15) is 10.2 Å². The largest absolute Gasteiger partial charge is 2.00 e. The molecule has 0 aromatic carbocycles. The summed E-state index contributed by atoms with van der Waals surface area (Å²) < 4.78 is 0. The minimum absolute atomic E-state index is 0. The van der Waals surface area contributed by atoms with Gasteiger partial charge in [0.05, 0.1) is 11.9 Å². The van der Waals surface area contributed by atoms with Gasteiger partial charge in [-0.1, -0.05) is 0 Å².